The summed E-state index contributed by atoms with van der Waals surface area (Å²) >= 11 is 0. The highest BCUT2D eigenvalue weighted by Gasteiger charge is 2.16. The molecule has 0 saturated carbocycles. The van der Waals surface area contributed by atoms with Crippen molar-refractivity contribution in [3.05, 3.63) is 30.1 Å². The Labute approximate surface area is 88.3 Å². The number of aliphatic hydroxyl groups is 1. The summed E-state index contributed by atoms with van der Waals surface area (Å²) in [5, 5.41) is 11.7. The van der Waals surface area contributed by atoms with Crippen molar-refractivity contribution in [1.82, 2.24) is 10.3 Å². The second kappa shape index (κ2) is 5.43. The number of pyridine rings is 1. The SMILES string of the molecule is CC(N)C(=O)NC(CO)c1ccccn1. The maximum Gasteiger partial charge on any atom is 0.237 e. The molecule has 0 aliphatic heterocycles. The first-order valence-corrected chi connectivity index (χ1v) is 4.73. The van der Waals surface area contributed by atoms with Gasteiger partial charge in [0, 0.05) is 6.20 Å². The predicted molar refractivity (Wildman–Crippen MR) is 55.9 cm³/mol. The van der Waals surface area contributed by atoms with Crippen LogP contribution in [0.4, 0.5) is 0 Å². The topological polar surface area (TPSA) is 88.2 Å². The highest BCUT2D eigenvalue weighted by molar-refractivity contribution is 5.81. The normalized spacial score (nSPS) is 14.3. The first-order chi connectivity index (χ1) is 7.15. The third-order valence-electron chi connectivity index (χ3n) is 1.96. The van der Waals surface area contributed by atoms with Crippen LogP contribution in [-0.4, -0.2) is 28.6 Å². The fourth-order valence-corrected chi connectivity index (χ4v) is 1.10. The Kier molecular flexibility index (Phi) is 4.20. The largest absolute Gasteiger partial charge is 0.394 e. The van der Waals surface area contributed by atoms with Crippen LogP contribution in [0.3, 0.4) is 0 Å². The molecule has 15 heavy (non-hydrogen) atoms. The van der Waals surface area contributed by atoms with Crippen molar-refractivity contribution < 1.29 is 9.90 Å². The molecule has 5 heteroatoms. The zero-order chi connectivity index (χ0) is 11.3. The molecule has 1 aromatic rings. The Balaban J connectivity index is 2.69. The Morgan fingerprint density at radius 1 is 1.67 bits per heavy atom. The van der Waals surface area contributed by atoms with Crippen molar-refractivity contribution in [3.8, 4) is 0 Å². The van der Waals surface area contributed by atoms with E-state index in [4.69, 9.17) is 10.8 Å². The third kappa shape index (κ3) is 3.30. The van der Waals surface area contributed by atoms with Gasteiger partial charge in [0.15, 0.2) is 0 Å². The summed E-state index contributed by atoms with van der Waals surface area (Å²) in [6, 6.07) is 4.21. The van der Waals surface area contributed by atoms with E-state index in [1.54, 1.807) is 31.3 Å². The number of nitrogens with one attached hydrogen (secondary N) is 1. The Bertz CT molecular complexity index is 314. The number of hydrogen-bond acceptors (Lipinski definition) is 4. The van der Waals surface area contributed by atoms with Crippen LogP contribution in [0.2, 0.25) is 0 Å². The molecule has 4 N–H and O–H groups in total. The summed E-state index contributed by atoms with van der Waals surface area (Å²) in [6.07, 6.45) is 1.61. The van der Waals surface area contributed by atoms with Crippen molar-refractivity contribution in [2.75, 3.05) is 6.61 Å². The zero-order valence-electron chi connectivity index (χ0n) is 8.55. The van der Waals surface area contributed by atoms with Gasteiger partial charge < -0.3 is 16.2 Å². The van der Waals surface area contributed by atoms with Gasteiger partial charge in [-0.2, -0.15) is 0 Å². The third-order valence-corrected chi connectivity index (χ3v) is 1.96. The standard InChI is InChI=1S/C10H15N3O2/c1-7(11)10(15)13-9(6-14)8-4-2-3-5-12-8/h2-5,7,9,14H,6,11H2,1H3,(H,13,15). The van der Waals surface area contributed by atoms with Gasteiger partial charge in [-0.25, -0.2) is 0 Å². The number of amides is 1. The molecule has 5 nitrogen and oxygen atoms in total. The summed E-state index contributed by atoms with van der Waals surface area (Å²) in [5.74, 6) is -0.306. The fourth-order valence-electron chi connectivity index (χ4n) is 1.10. The van der Waals surface area contributed by atoms with E-state index in [0.717, 1.165) is 0 Å². The van der Waals surface area contributed by atoms with E-state index in [1.807, 2.05) is 0 Å². The smallest absolute Gasteiger partial charge is 0.237 e. The summed E-state index contributed by atoms with van der Waals surface area (Å²) in [5.41, 5.74) is 6.02. The number of rotatable bonds is 4. The summed E-state index contributed by atoms with van der Waals surface area (Å²) in [4.78, 5) is 15.4. The molecule has 1 rings (SSSR count). The predicted octanol–water partition coefficient (Wildman–Crippen LogP) is -0.422. The molecule has 0 saturated heterocycles. The number of carbonyl (C=O) groups is 1. The van der Waals surface area contributed by atoms with Crippen LogP contribution in [0, 0.1) is 0 Å². The number of hydrogen-bond donors (Lipinski definition) is 3. The van der Waals surface area contributed by atoms with Gasteiger partial charge in [0.2, 0.25) is 5.91 Å². The minimum Gasteiger partial charge on any atom is -0.394 e. The van der Waals surface area contributed by atoms with Crippen LogP contribution >= 0.6 is 0 Å². The molecule has 0 fully saturated rings. The molecular weight excluding hydrogens is 194 g/mol. The van der Waals surface area contributed by atoms with Crippen molar-refractivity contribution >= 4 is 5.91 Å². The van der Waals surface area contributed by atoms with E-state index < -0.39 is 12.1 Å². The van der Waals surface area contributed by atoms with Gasteiger partial charge in [-0.1, -0.05) is 6.07 Å². The first kappa shape index (κ1) is 11.6. The average Bonchev–Trinajstić information content (AvgIpc) is 2.26. The molecule has 2 atom stereocenters. The minimum absolute atomic E-state index is 0.199. The van der Waals surface area contributed by atoms with Gasteiger partial charge in [-0.15, -0.1) is 0 Å². The van der Waals surface area contributed by atoms with Crippen LogP contribution in [-0.2, 0) is 4.79 Å². The lowest BCUT2D eigenvalue weighted by atomic mass is 10.2. The van der Waals surface area contributed by atoms with Gasteiger partial charge in [0.05, 0.1) is 24.4 Å². The first-order valence-electron chi connectivity index (χ1n) is 4.73. The second-order valence-corrected chi connectivity index (χ2v) is 3.29. The molecule has 0 aromatic carbocycles. The lowest BCUT2D eigenvalue weighted by Gasteiger charge is -2.16. The van der Waals surface area contributed by atoms with E-state index >= 15 is 0 Å². The summed E-state index contributed by atoms with van der Waals surface area (Å²) in [6.45, 7) is 1.39. The van der Waals surface area contributed by atoms with Crippen molar-refractivity contribution in [1.29, 1.82) is 0 Å². The monoisotopic (exact) mass is 209 g/mol. The Morgan fingerprint density at radius 2 is 2.40 bits per heavy atom. The number of nitrogens with two attached hydrogens (primary N) is 1. The highest BCUT2D eigenvalue weighted by atomic mass is 16.3. The number of carbonyl (C=O) groups excluding carboxylic acids is 1. The molecule has 1 heterocycles. The molecular formula is C10H15N3O2. The summed E-state index contributed by atoms with van der Waals surface area (Å²) < 4.78 is 0. The maximum absolute atomic E-state index is 11.3. The van der Waals surface area contributed by atoms with E-state index in [9.17, 15) is 4.79 Å². The molecule has 0 radical (unpaired) electrons. The Morgan fingerprint density at radius 3 is 2.87 bits per heavy atom. The van der Waals surface area contributed by atoms with Gasteiger partial charge in [0.1, 0.15) is 0 Å². The van der Waals surface area contributed by atoms with Crippen LogP contribution < -0.4 is 11.1 Å². The van der Waals surface area contributed by atoms with Crippen LogP contribution in [0.5, 0.6) is 0 Å². The summed E-state index contributed by atoms with van der Waals surface area (Å²) in [7, 11) is 0. The van der Waals surface area contributed by atoms with Crippen LogP contribution in [0.1, 0.15) is 18.7 Å². The molecule has 82 valence electrons. The van der Waals surface area contributed by atoms with Gasteiger partial charge >= 0.3 is 0 Å². The molecule has 1 amide bonds. The van der Waals surface area contributed by atoms with E-state index in [0.29, 0.717) is 5.69 Å². The fraction of sp³-hybridized carbons (Fsp3) is 0.400. The maximum atomic E-state index is 11.3. The van der Waals surface area contributed by atoms with E-state index in [2.05, 4.69) is 10.3 Å². The second-order valence-electron chi connectivity index (χ2n) is 3.29. The Hall–Kier alpha value is -1.46. The highest BCUT2D eigenvalue weighted by Crippen LogP contribution is 2.07. The number of aromatic nitrogens is 1. The minimum atomic E-state index is -0.595. The van der Waals surface area contributed by atoms with Gasteiger partial charge in [-0.3, -0.25) is 9.78 Å². The van der Waals surface area contributed by atoms with Crippen LogP contribution in [0.15, 0.2) is 24.4 Å². The lowest BCUT2D eigenvalue weighted by molar-refractivity contribution is -0.123. The number of aliphatic hydroxyl groups excluding tert-OH is 1. The van der Waals surface area contributed by atoms with Crippen molar-refractivity contribution in [2.24, 2.45) is 5.73 Å². The lowest BCUT2D eigenvalue weighted by Crippen LogP contribution is -2.41. The van der Waals surface area contributed by atoms with E-state index in [1.165, 1.54) is 0 Å². The van der Waals surface area contributed by atoms with E-state index in [-0.39, 0.29) is 12.5 Å². The van der Waals surface area contributed by atoms with Crippen molar-refractivity contribution in [2.45, 2.75) is 19.0 Å². The quantitative estimate of drug-likeness (QED) is 0.628. The molecule has 0 aliphatic carbocycles. The van der Waals surface area contributed by atoms with Gasteiger partial charge in [-0.05, 0) is 19.1 Å². The molecule has 0 bridgehead atoms. The molecule has 1 aromatic heterocycles. The molecule has 0 aliphatic rings. The number of nitrogens with zero attached hydrogens (tertiary/aromatic N) is 1. The molecule has 0 spiro atoms. The van der Waals surface area contributed by atoms with Crippen LogP contribution in [0.25, 0.3) is 0 Å². The average molecular weight is 209 g/mol. The van der Waals surface area contributed by atoms with Gasteiger partial charge in [0.25, 0.3) is 0 Å². The molecule has 2 unspecified atom stereocenters. The zero-order valence-corrected chi connectivity index (χ0v) is 8.55. The van der Waals surface area contributed by atoms with Crippen molar-refractivity contribution in [3.63, 3.8) is 0 Å².